The van der Waals surface area contributed by atoms with Gasteiger partial charge in [-0.25, -0.2) is 4.68 Å². The van der Waals surface area contributed by atoms with Gasteiger partial charge in [0.1, 0.15) is 6.54 Å². The molecular formula is C16H23ClN4O2. The summed E-state index contributed by atoms with van der Waals surface area (Å²) in [5.74, 6) is -0.262. The molecule has 3 N–H and O–H groups in total. The summed E-state index contributed by atoms with van der Waals surface area (Å²) in [5.41, 5.74) is 5.47. The van der Waals surface area contributed by atoms with E-state index in [4.69, 9.17) is 5.73 Å². The van der Waals surface area contributed by atoms with Gasteiger partial charge in [0.25, 0.3) is 5.56 Å². The van der Waals surface area contributed by atoms with E-state index >= 15 is 0 Å². The number of rotatable bonds is 6. The number of carbonyl (C=O) groups is 1. The van der Waals surface area contributed by atoms with Crippen LogP contribution in [0.2, 0.25) is 0 Å². The Morgan fingerprint density at radius 2 is 1.96 bits per heavy atom. The van der Waals surface area contributed by atoms with Crippen molar-refractivity contribution >= 4 is 29.1 Å². The van der Waals surface area contributed by atoms with Crippen LogP contribution in [-0.4, -0.2) is 27.8 Å². The van der Waals surface area contributed by atoms with Gasteiger partial charge in [-0.05, 0) is 18.9 Å². The molecule has 0 aliphatic heterocycles. The Labute approximate surface area is 141 Å². The Morgan fingerprint density at radius 3 is 2.61 bits per heavy atom. The largest absolute Gasteiger partial charge is 0.353 e. The maximum Gasteiger partial charge on any atom is 0.275 e. The number of halogens is 1. The standard InChI is InChI=1S/C16H22N4O2.ClH/c1-3-16(17,4-2)11-18-14(21)10-20-15(22)13-8-6-5-7-12(13)9-19-20;/h5-9H,3-4,10-11,17H2,1-2H3,(H,18,21);1H. The zero-order valence-corrected chi connectivity index (χ0v) is 14.2. The van der Waals surface area contributed by atoms with Crippen LogP contribution in [-0.2, 0) is 11.3 Å². The molecule has 0 fully saturated rings. The van der Waals surface area contributed by atoms with Crippen molar-refractivity contribution in [3.63, 3.8) is 0 Å². The van der Waals surface area contributed by atoms with E-state index in [1.165, 1.54) is 4.68 Å². The van der Waals surface area contributed by atoms with Gasteiger partial charge in [-0.1, -0.05) is 32.0 Å². The third-order valence-electron chi connectivity index (χ3n) is 4.10. The second-order valence-corrected chi connectivity index (χ2v) is 5.54. The van der Waals surface area contributed by atoms with Crippen molar-refractivity contribution in [1.82, 2.24) is 15.1 Å². The van der Waals surface area contributed by atoms with Crippen LogP contribution in [0.5, 0.6) is 0 Å². The second-order valence-electron chi connectivity index (χ2n) is 5.54. The van der Waals surface area contributed by atoms with Crippen LogP contribution in [0.15, 0.2) is 35.3 Å². The van der Waals surface area contributed by atoms with Gasteiger partial charge in [0, 0.05) is 17.5 Å². The number of nitrogens with one attached hydrogen (secondary N) is 1. The molecule has 0 radical (unpaired) electrons. The Kier molecular flexibility index (Phi) is 6.72. The maximum absolute atomic E-state index is 12.3. The molecule has 0 aliphatic carbocycles. The minimum atomic E-state index is -0.405. The van der Waals surface area contributed by atoms with E-state index in [-0.39, 0.29) is 30.4 Å². The van der Waals surface area contributed by atoms with Gasteiger partial charge < -0.3 is 11.1 Å². The van der Waals surface area contributed by atoms with E-state index in [0.717, 1.165) is 18.2 Å². The van der Waals surface area contributed by atoms with Crippen LogP contribution in [0.25, 0.3) is 10.8 Å². The lowest BCUT2D eigenvalue weighted by Gasteiger charge is -2.26. The molecule has 2 rings (SSSR count). The molecule has 0 spiro atoms. The normalized spacial score (nSPS) is 11.1. The van der Waals surface area contributed by atoms with Crippen LogP contribution >= 0.6 is 12.4 Å². The molecule has 1 heterocycles. The number of hydrogen-bond acceptors (Lipinski definition) is 4. The highest BCUT2D eigenvalue weighted by atomic mass is 35.5. The number of fused-ring (bicyclic) bond motifs is 1. The number of amides is 1. The number of carbonyl (C=O) groups excluding carboxylic acids is 1. The highest BCUT2D eigenvalue weighted by molar-refractivity contribution is 5.85. The smallest absolute Gasteiger partial charge is 0.275 e. The molecule has 0 atom stereocenters. The van der Waals surface area contributed by atoms with Crippen molar-refractivity contribution in [3.05, 3.63) is 40.8 Å². The molecular weight excluding hydrogens is 316 g/mol. The fourth-order valence-corrected chi connectivity index (χ4v) is 2.21. The topological polar surface area (TPSA) is 90.0 Å². The average Bonchev–Trinajstić information content (AvgIpc) is 2.55. The highest BCUT2D eigenvalue weighted by Gasteiger charge is 2.21. The first-order valence-electron chi connectivity index (χ1n) is 7.49. The molecule has 0 aliphatic rings. The van der Waals surface area contributed by atoms with Gasteiger partial charge in [-0.2, -0.15) is 5.10 Å². The molecule has 0 saturated carbocycles. The van der Waals surface area contributed by atoms with Gasteiger partial charge in [-0.15, -0.1) is 12.4 Å². The van der Waals surface area contributed by atoms with Crippen molar-refractivity contribution in [1.29, 1.82) is 0 Å². The summed E-state index contributed by atoms with van der Waals surface area (Å²) in [7, 11) is 0. The summed E-state index contributed by atoms with van der Waals surface area (Å²) in [6.45, 7) is 4.27. The molecule has 1 amide bonds. The molecule has 23 heavy (non-hydrogen) atoms. The fourth-order valence-electron chi connectivity index (χ4n) is 2.21. The first kappa shape index (κ1) is 19.1. The number of benzene rings is 1. The number of hydrogen-bond donors (Lipinski definition) is 2. The highest BCUT2D eigenvalue weighted by Crippen LogP contribution is 2.09. The van der Waals surface area contributed by atoms with Crippen LogP contribution < -0.4 is 16.6 Å². The Morgan fingerprint density at radius 1 is 1.30 bits per heavy atom. The number of nitrogens with zero attached hydrogens (tertiary/aromatic N) is 2. The lowest BCUT2D eigenvalue weighted by molar-refractivity contribution is -0.122. The quantitative estimate of drug-likeness (QED) is 0.834. The molecule has 0 saturated heterocycles. The Bertz CT molecular complexity index is 725. The molecule has 6 nitrogen and oxygen atoms in total. The van der Waals surface area contributed by atoms with Gasteiger partial charge in [0.15, 0.2) is 0 Å². The monoisotopic (exact) mass is 338 g/mol. The third-order valence-corrected chi connectivity index (χ3v) is 4.10. The van der Waals surface area contributed by atoms with E-state index in [0.29, 0.717) is 11.9 Å². The second kappa shape index (κ2) is 8.08. The molecule has 2 aromatic rings. The minimum absolute atomic E-state index is 0. The van der Waals surface area contributed by atoms with E-state index in [9.17, 15) is 9.59 Å². The summed E-state index contributed by atoms with van der Waals surface area (Å²) < 4.78 is 1.17. The maximum atomic E-state index is 12.3. The fraction of sp³-hybridized carbons (Fsp3) is 0.438. The number of nitrogens with two attached hydrogens (primary N) is 1. The summed E-state index contributed by atoms with van der Waals surface area (Å²) in [6.07, 6.45) is 3.14. The SMILES string of the molecule is CCC(N)(CC)CNC(=O)Cn1ncc2ccccc2c1=O.Cl. The van der Waals surface area contributed by atoms with Gasteiger partial charge in [0.05, 0.1) is 11.6 Å². The first-order chi connectivity index (χ1) is 10.5. The minimum Gasteiger partial charge on any atom is -0.353 e. The molecule has 1 aromatic heterocycles. The Balaban J connectivity index is 0.00000264. The molecule has 126 valence electrons. The van der Waals surface area contributed by atoms with Crippen LogP contribution in [0.4, 0.5) is 0 Å². The summed E-state index contributed by atoms with van der Waals surface area (Å²) in [4.78, 5) is 24.3. The van der Waals surface area contributed by atoms with Crippen LogP contribution in [0.3, 0.4) is 0 Å². The van der Waals surface area contributed by atoms with Crippen molar-refractivity contribution < 1.29 is 4.79 Å². The van der Waals surface area contributed by atoms with Gasteiger partial charge in [-0.3, -0.25) is 9.59 Å². The van der Waals surface area contributed by atoms with E-state index in [2.05, 4.69) is 10.4 Å². The molecule has 0 bridgehead atoms. The molecule has 0 unspecified atom stereocenters. The third kappa shape index (κ3) is 4.53. The van der Waals surface area contributed by atoms with E-state index < -0.39 is 5.54 Å². The first-order valence-corrected chi connectivity index (χ1v) is 7.49. The molecule has 1 aromatic carbocycles. The molecule has 7 heteroatoms. The van der Waals surface area contributed by atoms with Crippen molar-refractivity contribution in [2.24, 2.45) is 5.73 Å². The van der Waals surface area contributed by atoms with Gasteiger partial charge >= 0.3 is 0 Å². The average molecular weight is 339 g/mol. The van der Waals surface area contributed by atoms with Crippen molar-refractivity contribution in [2.75, 3.05) is 6.54 Å². The van der Waals surface area contributed by atoms with E-state index in [1.54, 1.807) is 18.3 Å². The predicted octanol–water partition coefficient (Wildman–Crippen LogP) is 1.45. The zero-order chi connectivity index (χ0) is 16.2. The lowest BCUT2D eigenvalue weighted by Crippen LogP contribution is -2.50. The number of aromatic nitrogens is 2. The summed E-state index contributed by atoms with van der Waals surface area (Å²) in [6, 6.07) is 7.18. The van der Waals surface area contributed by atoms with Crippen LogP contribution in [0.1, 0.15) is 26.7 Å². The Hall–Kier alpha value is -1.92. The predicted molar refractivity (Wildman–Crippen MR) is 93.8 cm³/mol. The lowest BCUT2D eigenvalue weighted by atomic mass is 9.94. The van der Waals surface area contributed by atoms with Crippen molar-refractivity contribution in [2.45, 2.75) is 38.8 Å². The van der Waals surface area contributed by atoms with E-state index in [1.807, 2.05) is 26.0 Å². The summed E-state index contributed by atoms with van der Waals surface area (Å²) >= 11 is 0. The zero-order valence-electron chi connectivity index (χ0n) is 13.4. The van der Waals surface area contributed by atoms with Crippen LogP contribution in [0, 0.1) is 0 Å². The van der Waals surface area contributed by atoms with Gasteiger partial charge in [0.2, 0.25) is 5.91 Å². The van der Waals surface area contributed by atoms with Crippen molar-refractivity contribution in [3.8, 4) is 0 Å². The summed E-state index contributed by atoms with van der Waals surface area (Å²) in [5, 5.41) is 8.15.